The zero-order valence-corrected chi connectivity index (χ0v) is 15.6. The summed E-state index contributed by atoms with van der Waals surface area (Å²) in [5.74, 6) is 0.507. The third-order valence-corrected chi connectivity index (χ3v) is 3.62. The molecule has 3 rings (SSSR count). The Labute approximate surface area is 169 Å². The van der Waals surface area contributed by atoms with Gasteiger partial charge in [-0.15, -0.1) is 13.2 Å². The maximum Gasteiger partial charge on any atom is 0.573 e. The molecule has 10 heteroatoms. The number of benzene rings is 2. The number of aromatic nitrogens is 1. The first-order valence-electron chi connectivity index (χ1n) is 8.54. The first-order chi connectivity index (χ1) is 14.3. The molecule has 0 aliphatic heterocycles. The van der Waals surface area contributed by atoms with Crippen LogP contribution in [0.2, 0.25) is 0 Å². The number of ether oxygens (including phenoxy) is 3. The zero-order chi connectivity index (χ0) is 21.6. The number of anilines is 2. The van der Waals surface area contributed by atoms with Crippen molar-refractivity contribution < 1.29 is 32.2 Å². The van der Waals surface area contributed by atoms with Gasteiger partial charge < -0.3 is 24.8 Å². The molecule has 0 atom stereocenters. The third-order valence-electron chi connectivity index (χ3n) is 3.62. The van der Waals surface area contributed by atoms with Gasteiger partial charge in [-0.3, -0.25) is 0 Å². The van der Waals surface area contributed by atoms with E-state index in [1.165, 1.54) is 25.4 Å². The Kier molecular flexibility index (Phi) is 6.26. The van der Waals surface area contributed by atoms with E-state index in [9.17, 15) is 18.0 Å². The number of para-hydroxylation sites is 2. The Balaban J connectivity index is 1.71. The van der Waals surface area contributed by atoms with Gasteiger partial charge in [0.2, 0.25) is 5.88 Å². The maximum absolute atomic E-state index is 12.3. The van der Waals surface area contributed by atoms with Crippen LogP contribution in [-0.2, 0) is 0 Å². The van der Waals surface area contributed by atoms with Crippen LogP contribution >= 0.6 is 0 Å². The predicted molar refractivity (Wildman–Crippen MR) is 103 cm³/mol. The summed E-state index contributed by atoms with van der Waals surface area (Å²) in [7, 11) is 1.49. The Bertz CT molecular complexity index is 1030. The summed E-state index contributed by atoms with van der Waals surface area (Å²) in [5.41, 5.74) is 0.342. The minimum absolute atomic E-state index is 0.102. The smallest absolute Gasteiger partial charge is 0.493 e. The van der Waals surface area contributed by atoms with Crippen molar-refractivity contribution in [3.05, 3.63) is 66.9 Å². The lowest BCUT2D eigenvalue weighted by Gasteiger charge is -2.14. The number of rotatable bonds is 6. The average molecular weight is 419 g/mol. The minimum Gasteiger partial charge on any atom is -0.493 e. The zero-order valence-electron chi connectivity index (χ0n) is 15.6. The number of nitrogens with zero attached hydrogens (tertiary/aromatic N) is 1. The molecule has 0 radical (unpaired) electrons. The van der Waals surface area contributed by atoms with E-state index in [2.05, 4.69) is 20.4 Å². The highest BCUT2D eigenvalue weighted by Crippen LogP contribution is 2.33. The Morgan fingerprint density at radius 2 is 1.73 bits per heavy atom. The molecule has 0 saturated carbocycles. The van der Waals surface area contributed by atoms with E-state index in [4.69, 9.17) is 9.47 Å². The van der Waals surface area contributed by atoms with Crippen molar-refractivity contribution in [1.82, 2.24) is 4.98 Å². The maximum atomic E-state index is 12.3. The van der Waals surface area contributed by atoms with E-state index in [0.29, 0.717) is 11.5 Å². The number of nitrogens with one attached hydrogen (secondary N) is 2. The number of amides is 2. The van der Waals surface area contributed by atoms with Crippen LogP contribution in [0.25, 0.3) is 0 Å². The highest BCUT2D eigenvalue weighted by molar-refractivity contribution is 6.00. The van der Waals surface area contributed by atoms with E-state index >= 15 is 0 Å². The molecule has 156 valence electrons. The van der Waals surface area contributed by atoms with Gasteiger partial charge in [0.25, 0.3) is 0 Å². The molecule has 3 aromatic rings. The summed E-state index contributed by atoms with van der Waals surface area (Å²) in [6, 6.07) is 14.2. The quantitative estimate of drug-likeness (QED) is 0.557. The lowest BCUT2D eigenvalue weighted by molar-refractivity contribution is -0.274. The first kappa shape index (κ1) is 20.8. The van der Waals surface area contributed by atoms with Gasteiger partial charge in [-0.1, -0.05) is 18.2 Å². The van der Waals surface area contributed by atoms with Gasteiger partial charge in [0, 0.05) is 18.0 Å². The number of carbonyl (C=O) groups excluding carboxylic acids is 1. The van der Waals surface area contributed by atoms with Crippen molar-refractivity contribution in [2.75, 3.05) is 17.7 Å². The van der Waals surface area contributed by atoms with Crippen LogP contribution in [0.4, 0.5) is 29.3 Å². The van der Waals surface area contributed by atoms with E-state index in [0.717, 1.165) is 12.1 Å². The van der Waals surface area contributed by atoms with Crippen molar-refractivity contribution in [2.24, 2.45) is 0 Å². The van der Waals surface area contributed by atoms with Crippen LogP contribution in [0, 0.1) is 0 Å². The van der Waals surface area contributed by atoms with Crippen molar-refractivity contribution in [3.63, 3.8) is 0 Å². The molecular formula is C20H16F3N3O4. The standard InChI is InChI=1S/C20H16F3N3O4/c1-28-16-9-2-3-10-17(16)29-18-15(8-5-11-24-18)26-19(27)25-13-6-4-7-14(12-13)30-20(21,22)23/h2-12H,1H3,(H2,25,26,27). The molecule has 1 heterocycles. The number of carbonyl (C=O) groups is 1. The molecule has 0 saturated heterocycles. The summed E-state index contributed by atoms with van der Waals surface area (Å²) in [6.07, 6.45) is -3.35. The molecule has 1 aromatic heterocycles. The van der Waals surface area contributed by atoms with Crippen molar-refractivity contribution in [3.8, 4) is 23.1 Å². The third kappa shape index (κ3) is 5.77. The van der Waals surface area contributed by atoms with E-state index in [1.54, 1.807) is 36.4 Å². The Hall–Kier alpha value is -3.95. The number of urea groups is 1. The summed E-state index contributed by atoms with van der Waals surface area (Å²) < 4.78 is 51.8. The fourth-order valence-electron chi connectivity index (χ4n) is 2.43. The summed E-state index contributed by atoms with van der Waals surface area (Å²) in [5, 5.41) is 4.97. The number of alkyl halides is 3. The SMILES string of the molecule is COc1ccccc1Oc1ncccc1NC(=O)Nc1cccc(OC(F)(F)F)c1. The molecular weight excluding hydrogens is 403 g/mol. The molecule has 0 aliphatic rings. The largest absolute Gasteiger partial charge is 0.573 e. The lowest BCUT2D eigenvalue weighted by atomic mass is 10.3. The monoisotopic (exact) mass is 419 g/mol. The number of halogens is 3. The number of hydrogen-bond donors (Lipinski definition) is 2. The predicted octanol–water partition coefficient (Wildman–Crippen LogP) is 5.43. The van der Waals surface area contributed by atoms with Crippen LogP contribution < -0.4 is 24.8 Å². The highest BCUT2D eigenvalue weighted by Gasteiger charge is 2.31. The Morgan fingerprint density at radius 1 is 0.967 bits per heavy atom. The topological polar surface area (TPSA) is 81.7 Å². The van der Waals surface area contributed by atoms with Crippen molar-refractivity contribution in [1.29, 1.82) is 0 Å². The summed E-state index contributed by atoms with van der Waals surface area (Å²) in [4.78, 5) is 16.4. The van der Waals surface area contributed by atoms with E-state index in [1.807, 2.05) is 0 Å². The lowest BCUT2D eigenvalue weighted by Crippen LogP contribution is -2.20. The van der Waals surface area contributed by atoms with Gasteiger partial charge in [0.05, 0.1) is 7.11 Å². The van der Waals surface area contributed by atoms with Gasteiger partial charge >= 0.3 is 12.4 Å². The second-order valence-corrected chi connectivity index (χ2v) is 5.76. The van der Waals surface area contributed by atoms with Gasteiger partial charge in [-0.05, 0) is 36.4 Å². The summed E-state index contributed by atoms with van der Waals surface area (Å²) >= 11 is 0. The molecule has 0 aliphatic carbocycles. The van der Waals surface area contributed by atoms with Crippen molar-refractivity contribution >= 4 is 17.4 Å². The molecule has 7 nitrogen and oxygen atoms in total. The van der Waals surface area contributed by atoms with Gasteiger partial charge in [-0.2, -0.15) is 0 Å². The number of methoxy groups -OCH3 is 1. The van der Waals surface area contributed by atoms with Crippen LogP contribution in [-0.4, -0.2) is 24.5 Å². The summed E-state index contributed by atoms with van der Waals surface area (Å²) in [6.45, 7) is 0. The van der Waals surface area contributed by atoms with E-state index < -0.39 is 18.1 Å². The fraction of sp³-hybridized carbons (Fsp3) is 0.100. The molecule has 0 spiro atoms. The normalized spacial score (nSPS) is 10.8. The number of pyridine rings is 1. The molecule has 2 N–H and O–H groups in total. The Morgan fingerprint density at radius 3 is 2.47 bits per heavy atom. The van der Waals surface area contributed by atoms with Crippen molar-refractivity contribution in [2.45, 2.75) is 6.36 Å². The van der Waals surface area contributed by atoms with Crippen LogP contribution in [0.3, 0.4) is 0 Å². The van der Waals surface area contributed by atoms with Gasteiger partial charge in [0.15, 0.2) is 11.5 Å². The molecule has 0 unspecified atom stereocenters. The van der Waals surface area contributed by atoms with Crippen LogP contribution in [0.5, 0.6) is 23.1 Å². The van der Waals surface area contributed by atoms with Gasteiger partial charge in [0.1, 0.15) is 11.4 Å². The van der Waals surface area contributed by atoms with Gasteiger partial charge in [-0.25, -0.2) is 9.78 Å². The molecule has 2 amide bonds. The van der Waals surface area contributed by atoms with Crippen LogP contribution in [0.1, 0.15) is 0 Å². The molecule has 0 fully saturated rings. The average Bonchev–Trinajstić information content (AvgIpc) is 2.69. The molecule has 0 bridgehead atoms. The second kappa shape index (κ2) is 9.03. The minimum atomic E-state index is -4.83. The number of hydrogen-bond acceptors (Lipinski definition) is 5. The molecule has 2 aromatic carbocycles. The highest BCUT2D eigenvalue weighted by atomic mass is 19.4. The second-order valence-electron chi connectivity index (χ2n) is 5.76. The van der Waals surface area contributed by atoms with Crippen LogP contribution in [0.15, 0.2) is 66.9 Å². The molecule has 30 heavy (non-hydrogen) atoms. The first-order valence-corrected chi connectivity index (χ1v) is 8.54. The fourth-order valence-corrected chi connectivity index (χ4v) is 2.43. The van der Waals surface area contributed by atoms with E-state index in [-0.39, 0.29) is 17.3 Å².